The molecule has 0 saturated heterocycles. The largest absolute Gasteiger partial charge is 0.309 e. The average molecular weight is 222 g/mol. The van der Waals surface area contributed by atoms with Gasteiger partial charge in [0.2, 0.25) is 0 Å². The van der Waals surface area contributed by atoms with Gasteiger partial charge >= 0.3 is 0 Å². The van der Waals surface area contributed by atoms with Gasteiger partial charge < -0.3 is 5.32 Å². The van der Waals surface area contributed by atoms with Crippen LogP contribution in [0.4, 0.5) is 0 Å². The maximum absolute atomic E-state index is 5.92. The molecule has 0 spiro atoms. The van der Waals surface area contributed by atoms with E-state index in [9.17, 15) is 0 Å². The van der Waals surface area contributed by atoms with E-state index in [0.29, 0.717) is 6.42 Å². The van der Waals surface area contributed by atoms with Gasteiger partial charge in [0.15, 0.2) is 0 Å². The van der Waals surface area contributed by atoms with Crippen LogP contribution in [0.3, 0.4) is 0 Å². The van der Waals surface area contributed by atoms with Crippen LogP contribution in [-0.4, -0.2) is 6.54 Å². The van der Waals surface area contributed by atoms with Crippen LogP contribution in [0.2, 0.25) is 5.02 Å². The molecular formula is C13H16ClN. The third-order valence-electron chi connectivity index (χ3n) is 2.38. The summed E-state index contributed by atoms with van der Waals surface area (Å²) in [7, 11) is 0. The molecule has 80 valence electrons. The van der Waals surface area contributed by atoms with Gasteiger partial charge in [-0.2, -0.15) is 0 Å². The summed E-state index contributed by atoms with van der Waals surface area (Å²) in [5.74, 6) is 2.70. The number of benzene rings is 1. The van der Waals surface area contributed by atoms with E-state index in [2.05, 4.69) is 25.1 Å². The monoisotopic (exact) mass is 221 g/mol. The Balaban J connectivity index is 2.95. The average Bonchev–Trinajstić information content (AvgIpc) is 2.17. The molecule has 0 aromatic heterocycles. The lowest BCUT2D eigenvalue weighted by Gasteiger charge is -2.18. The molecule has 1 aromatic carbocycles. The molecule has 1 N–H and O–H groups in total. The van der Waals surface area contributed by atoms with Crippen LogP contribution in [0.1, 0.15) is 30.5 Å². The molecule has 0 heterocycles. The van der Waals surface area contributed by atoms with Crippen LogP contribution in [0.15, 0.2) is 18.2 Å². The molecular weight excluding hydrogens is 206 g/mol. The van der Waals surface area contributed by atoms with Crippen molar-refractivity contribution < 1.29 is 0 Å². The predicted molar refractivity (Wildman–Crippen MR) is 66.1 cm³/mol. The van der Waals surface area contributed by atoms with Gasteiger partial charge in [-0.1, -0.05) is 24.6 Å². The smallest absolute Gasteiger partial charge is 0.0433 e. The van der Waals surface area contributed by atoms with E-state index < -0.39 is 0 Å². The van der Waals surface area contributed by atoms with Gasteiger partial charge in [-0.25, -0.2) is 0 Å². The summed E-state index contributed by atoms with van der Waals surface area (Å²) >= 11 is 5.92. The van der Waals surface area contributed by atoms with Crippen LogP contribution < -0.4 is 5.32 Å². The molecule has 1 unspecified atom stereocenters. The fourth-order valence-corrected chi connectivity index (χ4v) is 1.91. The SMILES string of the molecule is C#CCC(NCC)c1ccc(Cl)cc1C. The van der Waals surface area contributed by atoms with Gasteiger partial charge in [-0.15, -0.1) is 12.3 Å². The van der Waals surface area contributed by atoms with Crippen LogP contribution in [0, 0.1) is 19.3 Å². The first-order valence-electron chi connectivity index (χ1n) is 5.12. The maximum Gasteiger partial charge on any atom is 0.0433 e. The number of halogens is 1. The van der Waals surface area contributed by atoms with Crippen molar-refractivity contribution in [2.75, 3.05) is 6.54 Å². The van der Waals surface area contributed by atoms with Crippen molar-refractivity contribution in [3.63, 3.8) is 0 Å². The summed E-state index contributed by atoms with van der Waals surface area (Å²) in [5.41, 5.74) is 2.42. The molecule has 0 radical (unpaired) electrons. The quantitative estimate of drug-likeness (QED) is 0.770. The van der Waals surface area contributed by atoms with Crippen molar-refractivity contribution in [2.24, 2.45) is 0 Å². The highest BCUT2D eigenvalue weighted by Crippen LogP contribution is 2.23. The fraction of sp³-hybridized carbons (Fsp3) is 0.385. The second-order valence-electron chi connectivity index (χ2n) is 3.52. The predicted octanol–water partition coefficient (Wildman–Crippen LogP) is 3.32. The standard InChI is InChI=1S/C13H16ClN/c1-4-6-13(15-5-2)12-8-7-11(14)9-10(12)3/h1,7-9,13,15H,5-6H2,2-3H3. The van der Waals surface area contributed by atoms with E-state index >= 15 is 0 Å². The lowest BCUT2D eigenvalue weighted by Crippen LogP contribution is -2.21. The summed E-state index contributed by atoms with van der Waals surface area (Å²) in [6.07, 6.45) is 6.07. The molecule has 1 nitrogen and oxygen atoms in total. The zero-order chi connectivity index (χ0) is 11.3. The van der Waals surface area contributed by atoms with Crippen molar-refractivity contribution >= 4 is 11.6 Å². The van der Waals surface area contributed by atoms with E-state index in [1.807, 2.05) is 18.2 Å². The molecule has 0 aliphatic rings. The van der Waals surface area contributed by atoms with Crippen molar-refractivity contribution in [1.29, 1.82) is 0 Å². The Morgan fingerprint density at radius 1 is 1.53 bits per heavy atom. The summed E-state index contributed by atoms with van der Waals surface area (Å²) in [6, 6.07) is 6.16. The second-order valence-corrected chi connectivity index (χ2v) is 3.96. The molecule has 0 bridgehead atoms. The van der Waals surface area contributed by atoms with Crippen LogP contribution in [0.5, 0.6) is 0 Å². The highest BCUT2D eigenvalue weighted by Gasteiger charge is 2.11. The summed E-state index contributed by atoms with van der Waals surface area (Å²) in [5, 5.41) is 4.15. The molecule has 0 saturated carbocycles. The highest BCUT2D eigenvalue weighted by atomic mass is 35.5. The Labute approximate surface area is 96.8 Å². The maximum atomic E-state index is 5.92. The number of hydrogen-bond donors (Lipinski definition) is 1. The van der Waals surface area contributed by atoms with Crippen molar-refractivity contribution in [3.8, 4) is 12.3 Å². The second kappa shape index (κ2) is 5.80. The third-order valence-corrected chi connectivity index (χ3v) is 2.61. The molecule has 0 fully saturated rings. The summed E-state index contributed by atoms with van der Waals surface area (Å²) in [6.45, 7) is 5.05. The van der Waals surface area contributed by atoms with E-state index in [1.54, 1.807) is 0 Å². The lowest BCUT2D eigenvalue weighted by atomic mass is 9.99. The zero-order valence-electron chi connectivity index (χ0n) is 9.18. The Morgan fingerprint density at radius 3 is 2.80 bits per heavy atom. The molecule has 1 atom stereocenters. The minimum atomic E-state index is 0.234. The Hall–Kier alpha value is -0.970. The Bertz CT molecular complexity index is 365. The van der Waals surface area contributed by atoms with Gasteiger partial charge in [0, 0.05) is 17.5 Å². The van der Waals surface area contributed by atoms with Crippen molar-refractivity contribution in [2.45, 2.75) is 26.3 Å². The number of terminal acetylenes is 1. The highest BCUT2D eigenvalue weighted by molar-refractivity contribution is 6.30. The summed E-state index contributed by atoms with van der Waals surface area (Å²) < 4.78 is 0. The first-order chi connectivity index (χ1) is 7.19. The van der Waals surface area contributed by atoms with E-state index in [4.69, 9.17) is 18.0 Å². The fourth-order valence-electron chi connectivity index (χ4n) is 1.69. The lowest BCUT2D eigenvalue weighted by molar-refractivity contribution is 0.563. The third kappa shape index (κ3) is 3.27. The van der Waals surface area contributed by atoms with Crippen LogP contribution in [-0.2, 0) is 0 Å². The normalized spacial score (nSPS) is 12.1. The summed E-state index contributed by atoms with van der Waals surface area (Å²) in [4.78, 5) is 0. The van der Waals surface area contributed by atoms with E-state index in [1.165, 1.54) is 11.1 Å². The van der Waals surface area contributed by atoms with Gasteiger partial charge in [0.1, 0.15) is 0 Å². The molecule has 2 heteroatoms. The number of rotatable bonds is 4. The molecule has 1 aromatic rings. The van der Waals surface area contributed by atoms with Gasteiger partial charge in [-0.3, -0.25) is 0 Å². The Kier molecular flexibility index (Phi) is 4.68. The number of nitrogens with one attached hydrogen (secondary N) is 1. The minimum Gasteiger partial charge on any atom is -0.309 e. The van der Waals surface area contributed by atoms with Gasteiger partial charge in [0.05, 0.1) is 0 Å². The van der Waals surface area contributed by atoms with Crippen molar-refractivity contribution in [1.82, 2.24) is 5.32 Å². The van der Waals surface area contributed by atoms with E-state index in [0.717, 1.165) is 11.6 Å². The zero-order valence-corrected chi connectivity index (χ0v) is 9.93. The topological polar surface area (TPSA) is 12.0 Å². The first-order valence-corrected chi connectivity index (χ1v) is 5.49. The minimum absolute atomic E-state index is 0.234. The first kappa shape index (κ1) is 12.1. The molecule has 0 amide bonds. The van der Waals surface area contributed by atoms with Crippen molar-refractivity contribution in [3.05, 3.63) is 34.3 Å². The number of hydrogen-bond acceptors (Lipinski definition) is 1. The van der Waals surface area contributed by atoms with Gasteiger partial charge in [0.25, 0.3) is 0 Å². The molecule has 0 aliphatic carbocycles. The number of aryl methyl sites for hydroxylation is 1. The van der Waals surface area contributed by atoms with Gasteiger partial charge in [-0.05, 0) is 36.7 Å². The van der Waals surface area contributed by atoms with Crippen LogP contribution >= 0.6 is 11.6 Å². The molecule has 1 rings (SSSR count). The molecule has 15 heavy (non-hydrogen) atoms. The van der Waals surface area contributed by atoms with Crippen LogP contribution in [0.25, 0.3) is 0 Å². The Morgan fingerprint density at radius 2 is 2.27 bits per heavy atom. The van der Waals surface area contributed by atoms with E-state index in [-0.39, 0.29) is 6.04 Å². The molecule has 0 aliphatic heterocycles.